The third-order valence-corrected chi connectivity index (χ3v) is 3.28. The molecule has 1 atom stereocenters. The molecule has 0 bridgehead atoms. The van der Waals surface area contributed by atoms with Gasteiger partial charge in [-0.1, -0.05) is 0 Å². The van der Waals surface area contributed by atoms with Gasteiger partial charge in [-0.25, -0.2) is 4.98 Å². The monoisotopic (exact) mass is 245 g/mol. The molecule has 1 aliphatic heterocycles. The van der Waals surface area contributed by atoms with Gasteiger partial charge in [-0.15, -0.1) is 0 Å². The molecule has 1 aromatic heterocycles. The lowest BCUT2D eigenvalue weighted by molar-refractivity contribution is 0.104. The van der Waals surface area contributed by atoms with E-state index in [0.717, 1.165) is 38.5 Å². The Kier molecular flexibility index (Phi) is 4.54. The summed E-state index contributed by atoms with van der Waals surface area (Å²) in [5.41, 5.74) is 0.662. The highest BCUT2D eigenvalue weighted by Crippen LogP contribution is 2.24. The summed E-state index contributed by atoms with van der Waals surface area (Å²) < 4.78 is 5.50. The Morgan fingerprint density at radius 1 is 1.61 bits per heavy atom. The maximum Gasteiger partial charge on any atom is 0.146 e. The molecule has 2 heterocycles. The van der Waals surface area contributed by atoms with E-state index in [1.54, 1.807) is 6.20 Å². The molecule has 4 heteroatoms. The van der Waals surface area contributed by atoms with Gasteiger partial charge in [0.05, 0.1) is 12.2 Å². The number of nitrogens with zero attached hydrogens (tertiary/aromatic N) is 3. The van der Waals surface area contributed by atoms with Crippen LogP contribution in [0.3, 0.4) is 0 Å². The van der Waals surface area contributed by atoms with Gasteiger partial charge < -0.3 is 9.64 Å². The van der Waals surface area contributed by atoms with Crippen molar-refractivity contribution in [3.05, 3.63) is 23.9 Å². The lowest BCUT2D eigenvalue weighted by atomic mass is 9.98. The molecule has 0 saturated carbocycles. The molecule has 1 unspecified atom stereocenters. The second-order valence-corrected chi connectivity index (χ2v) is 4.60. The second kappa shape index (κ2) is 6.36. The fourth-order valence-electron chi connectivity index (χ4n) is 2.41. The van der Waals surface area contributed by atoms with Crippen LogP contribution in [0.15, 0.2) is 18.3 Å². The first-order chi connectivity index (χ1) is 8.85. The molecule has 0 radical (unpaired) electrons. The van der Waals surface area contributed by atoms with Gasteiger partial charge in [0.2, 0.25) is 0 Å². The predicted molar refractivity (Wildman–Crippen MR) is 70.4 cm³/mol. The molecule has 96 valence electrons. The molecular weight excluding hydrogens is 226 g/mol. The van der Waals surface area contributed by atoms with Crippen molar-refractivity contribution in [1.29, 1.82) is 5.26 Å². The smallest absolute Gasteiger partial charge is 0.146 e. The minimum absolute atomic E-state index is 0.548. The van der Waals surface area contributed by atoms with Crippen LogP contribution < -0.4 is 4.90 Å². The summed E-state index contributed by atoms with van der Waals surface area (Å²) in [5, 5.41) is 9.12. The molecule has 0 spiro atoms. The average molecular weight is 245 g/mol. The molecule has 1 aliphatic rings. The molecule has 0 aromatic carbocycles. The molecule has 1 aromatic rings. The molecule has 0 amide bonds. The largest absolute Gasteiger partial charge is 0.381 e. The number of aromatic nitrogens is 1. The van der Waals surface area contributed by atoms with Gasteiger partial charge in [0.1, 0.15) is 11.9 Å². The maximum absolute atomic E-state index is 9.12. The third-order valence-electron chi connectivity index (χ3n) is 3.28. The standard InChI is InChI=1S/C14H19N3O/c1-2-18-11-12-5-4-8-17(10-12)14-13(9-15)6-3-7-16-14/h3,6-7,12H,2,4-5,8,10-11H2,1H3. The number of piperidine rings is 1. The highest BCUT2D eigenvalue weighted by Gasteiger charge is 2.22. The number of ether oxygens (including phenoxy) is 1. The highest BCUT2D eigenvalue weighted by molar-refractivity contribution is 5.53. The molecule has 1 fully saturated rings. The molecular formula is C14H19N3O. The van der Waals surface area contributed by atoms with Gasteiger partial charge in [0.25, 0.3) is 0 Å². The summed E-state index contributed by atoms with van der Waals surface area (Å²) in [5.74, 6) is 1.37. The summed E-state index contributed by atoms with van der Waals surface area (Å²) >= 11 is 0. The number of pyridine rings is 1. The van der Waals surface area contributed by atoms with Crippen LogP contribution in [0.5, 0.6) is 0 Å². The zero-order chi connectivity index (χ0) is 12.8. The van der Waals surface area contributed by atoms with Crippen molar-refractivity contribution >= 4 is 5.82 Å². The molecule has 0 aliphatic carbocycles. The number of rotatable bonds is 4. The van der Waals surface area contributed by atoms with Gasteiger partial charge in [0, 0.05) is 25.9 Å². The SMILES string of the molecule is CCOCC1CCCN(c2ncccc2C#N)C1. The van der Waals surface area contributed by atoms with Gasteiger partial charge in [-0.3, -0.25) is 0 Å². The molecule has 4 nitrogen and oxygen atoms in total. The van der Waals surface area contributed by atoms with Crippen molar-refractivity contribution in [1.82, 2.24) is 4.98 Å². The van der Waals surface area contributed by atoms with Crippen molar-refractivity contribution < 1.29 is 4.74 Å². The lowest BCUT2D eigenvalue weighted by Gasteiger charge is -2.33. The summed E-state index contributed by atoms with van der Waals surface area (Å²) in [6.07, 6.45) is 4.09. The van der Waals surface area contributed by atoms with E-state index in [4.69, 9.17) is 10.00 Å². The molecule has 18 heavy (non-hydrogen) atoms. The fourth-order valence-corrected chi connectivity index (χ4v) is 2.41. The molecule has 1 saturated heterocycles. The Balaban J connectivity index is 2.06. The average Bonchev–Trinajstić information content (AvgIpc) is 2.45. The quantitative estimate of drug-likeness (QED) is 0.816. The van der Waals surface area contributed by atoms with E-state index in [2.05, 4.69) is 16.0 Å². The summed E-state index contributed by atoms with van der Waals surface area (Å²) in [4.78, 5) is 6.56. The van der Waals surface area contributed by atoms with Crippen LogP contribution >= 0.6 is 0 Å². The van der Waals surface area contributed by atoms with Gasteiger partial charge in [-0.05, 0) is 37.8 Å². The Morgan fingerprint density at radius 3 is 3.28 bits per heavy atom. The zero-order valence-corrected chi connectivity index (χ0v) is 10.8. The Bertz CT molecular complexity index is 427. The van der Waals surface area contributed by atoms with Crippen molar-refractivity contribution in [2.45, 2.75) is 19.8 Å². The van der Waals surface area contributed by atoms with E-state index >= 15 is 0 Å². The van der Waals surface area contributed by atoms with Crippen molar-refractivity contribution in [2.75, 3.05) is 31.2 Å². The van der Waals surface area contributed by atoms with Crippen LogP contribution in [0.1, 0.15) is 25.3 Å². The van der Waals surface area contributed by atoms with Crippen molar-refractivity contribution in [3.8, 4) is 6.07 Å². The normalized spacial score (nSPS) is 19.6. The van der Waals surface area contributed by atoms with Crippen LogP contribution in [0.4, 0.5) is 5.82 Å². The number of hydrogen-bond donors (Lipinski definition) is 0. The van der Waals surface area contributed by atoms with Crippen LogP contribution in [0.25, 0.3) is 0 Å². The summed E-state index contributed by atoms with van der Waals surface area (Å²) in [6.45, 7) is 5.51. The van der Waals surface area contributed by atoms with E-state index in [1.165, 1.54) is 6.42 Å². The first-order valence-corrected chi connectivity index (χ1v) is 6.53. The number of nitriles is 1. The zero-order valence-electron chi connectivity index (χ0n) is 10.8. The fraction of sp³-hybridized carbons (Fsp3) is 0.571. The van der Waals surface area contributed by atoms with Gasteiger partial charge >= 0.3 is 0 Å². The summed E-state index contributed by atoms with van der Waals surface area (Å²) in [6, 6.07) is 5.85. The Morgan fingerprint density at radius 2 is 2.50 bits per heavy atom. The van der Waals surface area contributed by atoms with Crippen LogP contribution in [0, 0.1) is 17.2 Å². The predicted octanol–water partition coefficient (Wildman–Crippen LogP) is 2.21. The van der Waals surface area contributed by atoms with Crippen LogP contribution in [-0.2, 0) is 4.74 Å². The Hall–Kier alpha value is -1.60. The van der Waals surface area contributed by atoms with Gasteiger partial charge in [0.15, 0.2) is 0 Å². The van der Waals surface area contributed by atoms with E-state index in [0.29, 0.717) is 11.5 Å². The molecule has 0 N–H and O–H groups in total. The van der Waals surface area contributed by atoms with Crippen molar-refractivity contribution in [3.63, 3.8) is 0 Å². The van der Waals surface area contributed by atoms with E-state index < -0.39 is 0 Å². The minimum atomic E-state index is 0.548. The maximum atomic E-state index is 9.12. The third kappa shape index (κ3) is 2.99. The summed E-state index contributed by atoms with van der Waals surface area (Å²) in [7, 11) is 0. The molecule has 2 rings (SSSR count). The van der Waals surface area contributed by atoms with Crippen LogP contribution in [-0.4, -0.2) is 31.3 Å². The van der Waals surface area contributed by atoms with Gasteiger partial charge in [-0.2, -0.15) is 5.26 Å². The van der Waals surface area contributed by atoms with E-state index in [-0.39, 0.29) is 0 Å². The first-order valence-electron chi connectivity index (χ1n) is 6.53. The number of hydrogen-bond acceptors (Lipinski definition) is 4. The van der Waals surface area contributed by atoms with Crippen molar-refractivity contribution in [2.24, 2.45) is 5.92 Å². The van der Waals surface area contributed by atoms with Crippen LogP contribution in [0.2, 0.25) is 0 Å². The number of anilines is 1. The lowest BCUT2D eigenvalue weighted by Crippen LogP contribution is -2.38. The topological polar surface area (TPSA) is 49.1 Å². The Labute approximate surface area is 108 Å². The first kappa shape index (κ1) is 12.8. The van der Waals surface area contributed by atoms with E-state index in [1.807, 2.05) is 19.1 Å². The highest BCUT2D eigenvalue weighted by atomic mass is 16.5. The minimum Gasteiger partial charge on any atom is -0.381 e. The van der Waals surface area contributed by atoms with E-state index in [9.17, 15) is 0 Å². The second-order valence-electron chi connectivity index (χ2n) is 4.60.